The highest BCUT2D eigenvalue weighted by Gasteiger charge is 2.19. The minimum absolute atomic E-state index is 0.932. The Kier molecular flexibility index (Phi) is 3.06. The van der Waals surface area contributed by atoms with Crippen molar-refractivity contribution in [2.45, 2.75) is 25.8 Å². The van der Waals surface area contributed by atoms with Gasteiger partial charge in [0.15, 0.2) is 0 Å². The van der Waals surface area contributed by atoms with Crippen LogP contribution in [0.15, 0.2) is 36.7 Å². The molecule has 1 fully saturated rings. The molecule has 1 N–H and O–H groups in total. The fraction of sp³-hybridized carbons (Fsp3) is 0.400. The third-order valence-corrected chi connectivity index (χ3v) is 3.49. The molecule has 1 heterocycles. The molecule has 0 unspecified atom stereocenters. The van der Waals surface area contributed by atoms with Gasteiger partial charge in [-0.1, -0.05) is 37.1 Å². The van der Waals surface area contributed by atoms with E-state index in [9.17, 15) is 0 Å². The van der Waals surface area contributed by atoms with Crippen LogP contribution in [0.5, 0.6) is 0 Å². The lowest BCUT2D eigenvalue weighted by atomic mass is 10.1. The van der Waals surface area contributed by atoms with Crippen molar-refractivity contribution in [2.75, 3.05) is 6.54 Å². The number of hydrogen-bond acceptors (Lipinski definition) is 2. The van der Waals surface area contributed by atoms with E-state index in [0.717, 1.165) is 19.0 Å². The van der Waals surface area contributed by atoms with E-state index in [2.05, 4.69) is 34.6 Å². The smallest absolute Gasteiger partial charge is 0.0346 e. The van der Waals surface area contributed by atoms with Crippen LogP contribution in [0.25, 0.3) is 10.8 Å². The van der Waals surface area contributed by atoms with Gasteiger partial charge in [0.25, 0.3) is 0 Å². The summed E-state index contributed by atoms with van der Waals surface area (Å²) in [4.78, 5) is 4.30. The summed E-state index contributed by atoms with van der Waals surface area (Å²) in [6, 6.07) is 8.45. The summed E-state index contributed by atoms with van der Waals surface area (Å²) in [6.45, 7) is 2.06. The van der Waals surface area contributed by atoms with Gasteiger partial charge in [-0.25, -0.2) is 0 Å². The Hall–Kier alpha value is -1.41. The van der Waals surface area contributed by atoms with Crippen molar-refractivity contribution >= 4 is 10.8 Å². The molecule has 1 aromatic heterocycles. The maximum atomic E-state index is 4.30. The van der Waals surface area contributed by atoms with Crippen LogP contribution in [0, 0.1) is 5.92 Å². The minimum Gasteiger partial charge on any atom is -0.313 e. The standard InChI is InChI=1S/C15H18N2/c1-2-4-15-13(3-1)9-17-11-14(15)10-16-8-7-12-5-6-12/h1-4,9,11-12,16H,5-8,10H2. The molecule has 0 aliphatic heterocycles. The molecule has 2 aromatic rings. The lowest BCUT2D eigenvalue weighted by molar-refractivity contribution is 0.614. The second kappa shape index (κ2) is 4.84. The van der Waals surface area contributed by atoms with Crippen LogP contribution in [0.4, 0.5) is 0 Å². The highest BCUT2D eigenvalue weighted by Crippen LogP contribution is 2.31. The van der Waals surface area contributed by atoms with E-state index in [1.165, 1.54) is 35.6 Å². The van der Waals surface area contributed by atoms with Gasteiger partial charge in [-0.05, 0) is 29.8 Å². The maximum Gasteiger partial charge on any atom is 0.0346 e. The van der Waals surface area contributed by atoms with Gasteiger partial charge in [0, 0.05) is 24.3 Å². The number of rotatable bonds is 5. The summed E-state index contributed by atoms with van der Waals surface area (Å²) in [5.74, 6) is 1.01. The zero-order valence-electron chi connectivity index (χ0n) is 10.0. The van der Waals surface area contributed by atoms with Crippen molar-refractivity contribution in [3.05, 3.63) is 42.2 Å². The molecular weight excluding hydrogens is 208 g/mol. The molecule has 0 atom stereocenters. The van der Waals surface area contributed by atoms with Gasteiger partial charge < -0.3 is 5.32 Å². The first kappa shape index (κ1) is 10.7. The Labute approximate surface area is 102 Å². The van der Waals surface area contributed by atoms with Crippen LogP contribution in [0.1, 0.15) is 24.8 Å². The molecule has 2 nitrogen and oxygen atoms in total. The van der Waals surface area contributed by atoms with Gasteiger partial charge in [0.05, 0.1) is 0 Å². The van der Waals surface area contributed by atoms with Crippen LogP contribution < -0.4 is 5.32 Å². The Morgan fingerprint density at radius 1 is 1.18 bits per heavy atom. The first-order valence-corrected chi connectivity index (χ1v) is 6.46. The highest BCUT2D eigenvalue weighted by atomic mass is 14.9. The summed E-state index contributed by atoms with van der Waals surface area (Å²) in [7, 11) is 0. The average Bonchev–Trinajstić information content (AvgIpc) is 3.19. The molecule has 1 aromatic carbocycles. The SMILES string of the molecule is c1ccc2c(CNCCC3CC3)cncc2c1. The van der Waals surface area contributed by atoms with Crippen molar-refractivity contribution < 1.29 is 0 Å². The number of nitrogens with one attached hydrogen (secondary N) is 1. The van der Waals surface area contributed by atoms with Crippen LogP contribution in [0.3, 0.4) is 0 Å². The number of nitrogens with zero attached hydrogens (tertiary/aromatic N) is 1. The Balaban J connectivity index is 1.66. The van der Waals surface area contributed by atoms with E-state index >= 15 is 0 Å². The zero-order chi connectivity index (χ0) is 11.5. The van der Waals surface area contributed by atoms with Crippen molar-refractivity contribution in [3.63, 3.8) is 0 Å². The lowest BCUT2D eigenvalue weighted by Crippen LogP contribution is -2.15. The van der Waals surface area contributed by atoms with Crippen LogP contribution >= 0.6 is 0 Å². The molecule has 1 saturated carbocycles. The molecule has 0 saturated heterocycles. The van der Waals surface area contributed by atoms with Gasteiger partial charge in [-0.15, -0.1) is 0 Å². The first-order chi connectivity index (χ1) is 8.43. The van der Waals surface area contributed by atoms with E-state index in [1.807, 2.05) is 12.4 Å². The number of aromatic nitrogens is 1. The molecule has 17 heavy (non-hydrogen) atoms. The Morgan fingerprint density at radius 2 is 2.06 bits per heavy atom. The summed E-state index contributed by atoms with van der Waals surface area (Å²) in [6.07, 6.45) is 8.13. The Bertz CT molecular complexity index is 498. The van der Waals surface area contributed by atoms with Crippen molar-refractivity contribution in [1.82, 2.24) is 10.3 Å². The Morgan fingerprint density at radius 3 is 2.94 bits per heavy atom. The van der Waals surface area contributed by atoms with Crippen LogP contribution in [0.2, 0.25) is 0 Å². The van der Waals surface area contributed by atoms with Gasteiger partial charge in [0.1, 0.15) is 0 Å². The third kappa shape index (κ3) is 2.64. The first-order valence-electron chi connectivity index (χ1n) is 6.46. The maximum absolute atomic E-state index is 4.30. The fourth-order valence-corrected chi connectivity index (χ4v) is 2.26. The van der Waals surface area contributed by atoms with Crippen LogP contribution in [-0.2, 0) is 6.54 Å². The second-order valence-electron chi connectivity index (χ2n) is 4.93. The van der Waals surface area contributed by atoms with E-state index in [1.54, 1.807) is 0 Å². The monoisotopic (exact) mass is 226 g/mol. The largest absolute Gasteiger partial charge is 0.313 e. The van der Waals surface area contributed by atoms with Gasteiger partial charge in [0.2, 0.25) is 0 Å². The zero-order valence-corrected chi connectivity index (χ0v) is 10.0. The second-order valence-corrected chi connectivity index (χ2v) is 4.93. The van der Waals surface area contributed by atoms with Crippen molar-refractivity contribution in [1.29, 1.82) is 0 Å². The van der Waals surface area contributed by atoms with E-state index in [0.29, 0.717) is 0 Å². The number of pyridine rings is 1. The van der Waals surface area contributed by atoms with Crippen molar-refractivity contribution in [2.24, 2.45) is 5.92 Å². The van der Waals surface area contributed by atoms with Gasteiger partial charge in [-0.2, -0.15) is 0 Å². The molecule has 88 valence electrons. The molecule has 1 aliphatic rings. The summed E-state index contributed by atoms with van der Waals surface area (Å²) in [5, 5.41) is 6.08. The molecule has 1 aliphatic carbocycles. The quantitative estimate of drug-likeness (QED) is 0.792. The molecular formula is C15H18N2. The fourth-order valence-electron chi connectivity index (χ4n) is 2.26. The topological polar surface area (TPSA) is 24.9 Å². The highest BCUT2D eigenvalue weighted by molar-refractivity contribution is 5.84. The number of fused-ring (bicyclic) bond motifs is 1. The molecule has 3 rings (SSSR count). The number of benzene rings is 1. The van der Waals surface area contributed by atoms with E-state index in [-0.39, 0.29) is 0 Å². The number of hydrogen-bond donors (Lipinski definition) is 1. The van der Waals surface area contributed by atoms with E-state index < -0.39 is 0 Å². The summed E-state index contributed by atoms with van der Waals surface area (Å²) < 4.78 is 0. The van der Waals surface area contributed by atoms with Crippen molar-refractivity contribution in [3.8, 4) is 0 Å². The average molecular weight is 226 g/mol. The lowest BCUT2D eigenvalue weighted by Gasteiger charge is -2.07. The minimum atomic E-state index is 0.932. The summed E-state index contributed by atoms with van der Waals surface area (Å²) >= 11 is 0. The third-order valence-electron chi connectivity index (χ3n) is 3.49. The molecule has 2 heteroatoms. The predicted molar refractivity (Wildman–Crippen MR) is 70.8 cm³/mol. The van der Waals surface area contributed by atoms with E-state index in [4.69, 9.17) is 0 Å². The molecule has 0 radical (unpaired) electrons. The summed E-state index contributed by atoms with van der Waals surface area (Å²) in [5.41, 5.74) is 1.30. The molecule has 0 bridgehead atoms. The normalized spacial score (nSPS) is 15.3. The van der Waals surface area contributed by atoms with Crippen LogP contribution in [-0.4, -0.2) is 11.5 Å². The molecule has 0 spiro atoms. The van der Waals surface area contributed by atoms with Gasteiger partial charge >= 0.3 is 0 Å². The van der Waals surface area contributed by atoms with Gasteiger partial charge in [-0.3, -0.25) is 4.98 Å². The predicted octanol–water partition coefficient (Wildman–Crippen LogP) is 3.12. The molecule has 0 amide bonds.